The summed E-state index contributed by atoms with van der Waals surface area (Å²) in [7, 11) is -3.56. The second-order valence-electron chi connectivity index (χ2n) is 5.54. The van der Waals surface area contributed by atoms with Crippen molar-refractivity contribution in [1.29, 1.82) is 0 Å². The van der Waals surface area contributed by atoms with Crippen LogP contribution in [-0.4, -0.2) is 31.0 Å². The van der Waals surface area contributed by atoms with E-state index in [4.69, 9.17) is 9.26 Å². The van der Waals surface area contributed by atoms with E-state index < -0.39 is 10.0 Å². The summed E-state index contributed by atoms with van der Waals surface area (Å²) in [5.41, 5.74) is 0.675. The highest BCUT2D eigenvalue weighted by Gasteiger charge is 2.37. The number of hydrogen-bond acceptors (Lipinski definition) is 5. The van der Waals surface area contributed by atoms with Gasteiger partial charge in [-0.05, 0) is 51.0 Å². The molecule has 0 unspecified atom stereocenters. The van der Waals surface area contributed by atoms with E-state index in [1.807, 2.05) is 6.92 Å². The lowest BCUT2D eigenvalue weighted by Gasteiger charge is -2.22. The Balaban J connectivity index is 1.88. The van der Waals surface area contributed by atoms with Crippen LogP contribution in [0.25, 0.3) is 0 Å². The lowest BCUT2D eigenvalue weighted by molar-refractivity contribution is 0.339. The Kier molecular flexibility index (Phi) is 4.41. The van der Waals surface area contributed by atoms with Gasteiger partial charge < -0.3 is 9.26 Å². The van der Waals surface area contributed by atoms with Crippen molar-refractivity contribution in [3.8, 4) is 5.75 Å². The summed E-state index contributed by atoms with van der Waals surface area (Å²) < 4.78 is 37.8. The first-order valence-corrected chi connectivity index (χ1v) is 9.14. The Hall–Kier alpha value is -1.86. The molecule has 1 saturated heterocycles. The van der Waals surface area contributed by atoms with E-state index in [1.165, 1.54) is 4.31 Å². The van der Waals surface area contributed by atoms with Gasteiger partial charge in [0.05, 0.1) is 17.5 Å². The van der Waals surface area contributed by atoms with Crippen molar-refractivity contribution in [3.05, 3.63) is 41.8 Å². The molecule has 1 aromatic carbocycles. The average Bonchev–Trinajstić information content (AvgIpc) is 3.17. The monoisotopic (exact) mass is 336 g/mol. The normalized spacial score (nSPS) is 19.1. The van der Waals surface area contributed by atoms with Crippen LogP contribution in [-0.2, 0) is 10.0 Å². The zero-order valence-corrected chi connectivity index (χ0v) is 14.0. The summed E-state index contributed by atoms with van der Waals surface area (Å²) in [5.74, 6) is 1.35. The van der Waals surface area contributed by atoms with Gasteiger partial charge >= 0.3 is 0 Å². The fraction of sp³-hybridized carbons (Fsp3) is 0.438. The smallest absolute Gasteiger partial charge is 0.243 e. The largest absolute Gasteiger partial charge is 0.494 e. The number of ether oxygens (including phenoxy) is 1. The minimum Gasteiger partial charge on any atom is -0.494 e. The Morgan fingerprint density at radius 2 is 2.09 bits per heavy atom. The number of nitrogens with zero attached hydrogens (tertiary/aromatic N) is 2. The molecule has 0 saturated carbocycles. The molecule has 1 fully saturated rings. The lowest BCUT2D eigenvalue weighted by atomic mass is 10.1. The van der Waals surface area contributed by atoms with E-state index >= 15 is 0 Å². The summed E-state index contributed by atoms with van der Waals surface area (Å²) in [5, 5.41) is 3.99. The maximum absolute atomic E-state index is 12.9. The minimum atomic E-state index is -3.56. The molecule has 1 aliphatic heterocycles. The Morgan fingerprint density at radius 3 is 2.70 bits per heavy atom. The van der Waals surface area contributed by atoms with Gasteiger partial charge in [-0.3, -0.25) is 0 Å². The molecule has 0 N–H and O–H groups in total. The molecule has 7 heteroatoms. The number of sulfonamides is 1. The minimum absolute atomic E-state index is 0.260. The standard InChI is InChI=1S/C16H20N2O4S/c1-3-21-13-6-8-14(9-7-13)23(19,20)18-10-4-5-16(18)15-11-12(2)22-17-15/h6-9,11,16H,3-5,10H2,1-2H3/t16-/m0/s1. The fourth-order valence-corrected chi connectivity index (χ4v) is 4.54. The molecule has 23 heavy (non-hydrogen) atoms. The maximum Gasteiger partial charge on any atom is 0.243 e. The lowest BCUT2D eigenvalue weighted by Crippen LogP contribution is -2.30. The van der Waals surface area contributed by atoms with Crippen LogP contribution in [0.4, 0.5) is 0 Å². The molecule has 0 spiro atoms. The van der Waals surface area contributed by atoms with E-state index in [1.54, 1.807) is 37.3 Å². The predicted molar refractivity (Wildman–Crippen MR) is 84.7 cm³/mol. The van der Waals surface area contributed by atoms with Crippen molar-refractivity contribution in [2.75, 3.05) is 13.2 Å². The van der Waals surface area contributed by atoms with Gasteiger partial charge in [0.15, 0.2) is 0 Å². The Morgan fingerprint density at radius 1 is 1.35 bits per heavy atom. The molecule has 0 bridgehead atoms. The topological polar surface area (TPSA) is 72.6 Å². The van der Waals surface area contributed by atoms with Crippen LogP contribution in [0.2, 0.25) is 0 Å². The predicted octanol–water partition coefficient (Wildman–Crippen LogP) is 2.91. The van der Waals surface area contributed by atoms with E-state index in [0.717, 1.165) is 12.8 Å². The number of rotatable bonds is 5. The highest BCUT2D eigenvalue weighted by molar-refractivity contribution is 7.89. The summed E-state index contributed by atoms with van der Waals surface area (Å²) in [6.07, 6.45) is 1.56. The molecule has 0 radical (unpaired) electrons. The highest BCUT2D eigenvalue weighted by Crippen LogP contribution is 2.36. The van der Waals surface area contributed by atoms with E-state index in [-0.39, 0.29) is 10.9 Å². The van der Waals surface area contributed by atoms with Gasteiger partial charge in [0.1, 0.15) is 17.2 Å². The third-order valence-corrected chi connectivity index (χ3v) is 5.86. The van der Waals surface area contributed by atoms with E-state index in [0.29, 0.717) is 30.4 Å². The van der Waals surface area contributed by atoms with Crippen LogP contribution in [0, 0.1) is 6.92 Å². The van der Waals surface area contributed by atoms with Crippen molar-refractivity contribution >= 4 is 10.0 Å². The van der Waals surface area contributed by atoms with Crippen LogP contribution >= 0.6 is 0 Å². The van der Waals surface area contributed by atoms with Crippen molar-refractivity contribution in [1.82, 2.24) is 9.46 Å². The number of benzene rings is 1. The number of aryl methyl sites for hydroxylation is 1. The molecule has 2 heterocycles. The zero-order chi connectivity index (χ0) is 16.4. The summed E-state index contributed by atoms with van der Waals surface area (Å²) in [4.78, 5) is 0.271. The fourth-order valence-electron chi connectivity index (χ4n) is 2.88. The van der Waals surface area contributed by atoms with Gasteiger partial charge in [0.2, 0.25) is 10.0 Å². The molecule has 2 aromatic rings. The molecule has 0 amide bonds. The van der Waals surface area contributed by atoms with Crippen LogP contribution < -0.4 is 4.74 Å². The quantitative estimate of drug-likeness (QED) is 0.839. The number of aromatic nitrogens is 1. The average molecular weight is 336 g/mol. The SMILES string of the molecule is CCOc1ccc(S(=O)(=O)N2CCC[C@H]2c2cc(C)on2)cc1. The second-order valence-corrected chi connectivity index (χ2v) is 7.43. The molecular formula is C16H20N2O4S. The van der Waals surface area contributed by atoms with Crippen molar-refractivity contribution in [2.45, 2.75) is 37.6 Å². The number of hydrogen-bond donors (Lipinski definition) is 0. The van der Waals surface area contributed by atoms with Crippen LogP contribution in [0.3, 0.4) is 0 Å². The zero-order valence-electron chi connectivity index (χ0n) is 13.2. The third-order valence-electron chi connectivity index (χ3n) is 3.93. The van der Waals surface area contributed by atoms with Gasteiger partial charge in [-0.25, -0.2) is 8.42 Å². The molecule has 124 valence electrons. The summed E-state index contributed by atoms with van der Waals surface area (Å²) in [6.45, 7) is 4.73. The maximum atomic E-state index is 12.9. The second kappa shape index (κ2) is 6.33. The first-order valence-electron chi connectivity index (χ1n) is 7.70. The summed E-state index contributed by atoms with van der Waals surface area (Å²) >= 11 is 0. The molecule has 1 atom stereocenters. The van der Waals surface area contributed by atoms with Gasteiger partial charge in [-0.1, -0.05) is 5.16 Å². The first-order chi connectivity index (χ1) is 11.0. The van der Waals surface area contributed by atoms with Gasteiger partial charge in [-0.2, -0.15) is 4.31 Å². The molecule has 1 aliphatic rings. The molecule has 6 nitrogen and oxygen atoms in total. The van der Waals surface area contributed by atoms with Gasteiger partial charge in [0.25, 0.3) is 0 Å². The van der Waals surface area contributed by atoms with Crippen molar-refractivity contribution < 1.29 is 17.7 Å². The Labute approximate surface area is 136 Å². The van der Waals surface area contributed by atoms with Crippen LogP contribution in [0.1, 0.15) is 37.3 Å². The summed E-state index contributed by atoms with van der Waals surface area (Å²) in [6, 6.07) is 8.08. The molecular weight excluding hydrogens is 316 g/mol. The van der Waals surface area contributed by atoms with Gasteiger partial charge in [0, 0.05) is 12.6 Å². The third kappa shape index (κ3) is 3.11. The van der Waals surface area contributed by atoms with E-state index in [2.05, 4.69) is 5.16 Å². The molecule has 3 rings (SSSR count). The van der Waals surface area contributed by atoms with Crippen molar-refractivity contribution in [2.24, 2.45) is 0 Å². The van der Waals surface area contributed by atoms with Crippen LogP contribution in [0.5, 0.6) is 5.75 Å². The first kappa shape index (κ1) is 16.0. The molecule has 0 aliphatic carbocycles. The highest BCUT2D eigenvalue weighted by atomic mass is 32.2. The Bertz CT molecular complexity index is 768. The van der Waals surface area contributed by atoms with Gasteiger partial charge in [-0.15, -0.1) is 0 Å². The molecule has 1 aromatic heterocycles. The van der Waals surface area contributed by atoms with E-state index in [9.17, 15) is 8.42 Å². The van der Waals surface area contributed by atoms with Crippen molar-refractivity contribution in [3.63, 3.8) is 0 Å². The van der Waals surface area contributed by atoms with Crippen LogP contribution in [0.15, 0.2) is 39.8 Å².